The minimum Gasteiger partial charge on any atom is -0.467 e. The van der Waals surface area contributed by atoms with Crippen molar-refractivity contribution in [2.45, 2.75) is 25.5 Å². The molecule has 0 aliphatic heterocycles. The lowest BCUT2D eigenvalue weighted by Crippen LogP contribution is -2.08. The number of aromatic amines is 1. The quantitative estimate of drug-likeness (QED) is 0.385. The van der Waals surface area contributed by atoms with Gasteiger partial charge in [-0.1, -0.05) is 11.8 Å². The molecule has 0 amide bonds. The van der Waals surface area contributed by atoms with E-state index in [1.807, 2.05) is 16.7 Å². The highest BCUT2D eigenvalue weighted by Crippen LogP contribution is 2.23. The summed E-state index contributed by atoms with van der Waals surface area (Å²) in [4.78, 5) is 27.4. The van der Waals surface area contributed by atoms with E-state index in [1.54, 1.807) is 26.4 Å². The SMILES string of the molecule is COC(=O)c1c(C)[nH]c(C(=O)CSc2nncn2Cc2ccco2)c1C. The average Bonchev–Trinajstić information content (AvgIpc) is 3.34. The molecule has 3 rings (SSSR count). The summed E-state index contributed by atoms with van der Waals surface area (Å²) in [6, 6.07) is 3.67. The number of carbonyl (C=O) groups is 2. The first-order valence-corrected chi connectivity index (χ1v) is 8.83. The predicted molar refractivity (Wildman–Crippen MR) is 94.5 cm³/mol. The number of aromatic nitrogens is 4. The van der Waals surface area contributed by atoms with Gasteiger partial charge in [0.2, 0.25) is 0 Å². The third-order valence-corrected chi connectivity index (χ3v) is 4.91. The summed E-state index contributed by atoms with van der Waals surface area (Å²) < 4.78 is 11.9. The Kier molecular flexibility index (Phi) is 5.27. The van der Waals surface area contributed by atoms with E-state index < -0.39 is 5.97 Å². The summed E-state index contributed by atoms with van der Waals surface area (Å²) in [6.07, 6.45) is 3.19. The van der Waals surface area contributed by atoms with Crippen LogP contribution in [0, 0.1) is 13.8 Å². The molecule has 0 saturated heterocycles. The number of hydrogen-bond donors (Lipinski definition) is 1. The number of H-pyrrole nitrogens is 1. The van der Waals surface area contributed by atoms with Gasteiger partial charge >= 0.3 is 5.97 Å². The monoisotopic (exact) mass is 374 g/mol. The first-order chi connectivity index (χ1) is 12.5. The highest BCUT2D eigenvalue weighted by Gasteiger charge is 2.22. The first kappa shape index (κ1) is 18.0. The number of ether oxygens (including phenoxy) is 1. The maximum Gasteiger partial charge on any atom is 0.339 e. The molecule has 0 atom stereocenters. The highest BCUT2D eigenvalue weighted by atomic mass is 32.2. The van der Waals surface area contributed by atoms with E-state index in [1.165, 1.54) is 18.9 Å². The molecule has 0 aromatic carbocycles. The number of nitrogens with zero attached hydrogens (tertiary/aromatic N) is 3. The van der Waals surface area contributed by atoms with Crippen LogP contribution in [0.4, 0.5) is 0 Å². The molecule has 0 radical (unpaired) electrons. The predicted octanol–water partition coefficient (Wildman–Crippen LogP) is 2.63. The zero-order valence-electron chi connectivity index (χ0n) is 14.6. The van der Waals surface area contributed by atoms with Gasteiger partial charge in [-0.2, -0.15) is 0 Å². The number of esters is 1. The number of ketones is 1. The first-order valence-electron chi connectivity index (χ1n) is 7.85. The Morgan fingerprint density at radius 2 is 2.19 bits per heavy atom. The second-order valence-electron chi connectivity index (χ2n) is 5.65. The van der Waals surface area contributed by atoms with Crippen LogP contribution in [0.15, 0.2) is 34.3 Å². The zero-order chi connectivity index (χ0) is 18.7. The Morgan fingerprint density at radius 1 is 1.38 bits per heavy atom. The van der Waals surface area contributed by atoms with Gasteiger partial charge in [-0.25, -0.2) is 4.79 Å². The Morgan fingerprint density at radius 3 is 2.88 bits per heavy atom. The molecule has 0 fully saturated rings. The zero-order valence-corrected chi connectivity index (χ0v) is 15.4. The molecule has 0 aliphatic carbocycles. The maximum atomic E-state index is 12.6. The molecule has 3 aromatic heterocycles. The molecule has 136 valence electrons. The van der Waals surface area contributed by atoms with E-state index in [0.717, 1.165) is 5.76 Å². The van der Waals surface area contributed by atoms with Crippen LogP contribution in [0.1, 0.15) is 37.9 Å². The largest absolute Gasteiger partial charge is 0.467 e. The molecule has 26 heavy (non-hydrogen) atoms. The van der Waals surface area contributed by atoms with Gasteiger partial charge in [0, 0.05) is 5.69 Å². The van der Waals surface area contributed by atoms with Crippen LogP contribution < -0.4 is 0 Å². The maximum absolute atomic E-state index is 12.6. The van der Waals surface area contributed by atoms with Crippen LogP contribution in [0.3, 0.4) is 0 Å². The van der Waals surface area contributed by atoms with Gasteiger partial charge in [-0.05, 0) is 31.5 Å². The Bertz CT molecular complexity index is 927. The van der Waals surface area contributed by atoms with Crippen molar-refractivity contribution in [3.63, 3.8) is 0 Å². The van der Waals surface area contributed by atoms with Gasteiger partial charge in [0.15, 0.2) is 10.9 Å². The molecule has 9 heteroatoms. The minimum atomic E-state index is -0.457. The lowest BCUT2D eigenvalue weighted by atomic mass is 10.1. The summed E-state index contributed by atoms with van der Waals surface area (Å²) in [5, 5.41) is 8.56. The molecule has 1 N–H and O–H groups in total. The number of aryl methyl sites for hydroxylation is 1. The molecule has 0 unspecified atom stereocenters. The van der Waals surface area contributed by atoms with E-state index in [2.05, 4.69) is 15.2 Å². The van der Waals surface area contributed by atoms with Crippen LogP contribution in [0.25, 0.3) is 0 Å². The second-order valence-corrected chi connectivity index (χ2v) is 6.59. The van der Waals surface area contributed by atoms with Crippen LogP contribution in [-0.2, 0) is 11.3 Å². The van der Waals surface area contributed by atoms with Crippen LogP contribution in [-0.4, -0.2) is 44.4 Å². The summed E-state index contributed by atoms with van der Waals surface area (Å²) in [6.45, 7) is 3.96. The van der Waals surface area contributed by atoms with E-state index in [0.29, 0.717) is 34.2 Å². The van der Waals surface area contributed by atoms with Crippen molar-refractivity contribution in [2.75, 3.05) is 12.9 Å². The molecule has 0 bridgehead atoms. The van der Waals surface area contributed by atoms with Crippen molar-refractivity contribution in [1.82, 2.24) is 19.7 Å². The lowest BCUT2D eigenvalue weighted by molar-refractivity contribution is 0.0599. The summed E-state index contributed by atoms with van der Waals surface area (Å²) >= 11 is 1.28. The summed E-state index contributed by atoms with van der Waals surface area (Å²) in [5.74, 6) is 0.356. The van der Waals surface area contributed by atoms with Gasteiger partial charge in [0.25, 0.3) is 0 Å². The summed E-state index contributed by atoms with van der Waals surface area (Å²) in [7, 11) is 1.32. The van der Waals surface area contributed by atoms with Gasteiger partial charge < -0.3 is 18.7 Å². The molecule has 0 aliphatic rings. The Labute approximate surface area is 153 Å². The van der Waals surface area contributed by atoms with Crippen molar-refractivity contribution in [1.29, 1.82) is 0 Å². The van der Waals surface area contributed by atoms with Crippen molar-refractivity contribution in [3.05, 3.63) is 53.0 Å². The molecular formula is C17H18N4O4S. The lowest BCUT2D eigenvalue weighted by Gasteiger charge is -2.04. The van der Waals surface area contributed by atoms with E-state index >= 15 is 0 Å². The second kappa shape index (κ2) is 7.61. The standard InChI is InChI=1S/C17H18N4O4S/c1-10-14(16(23)24-3)11(2)19-15(10)13(22)8-26-17-20-18-9-21(17)7-12-5-4-6-25-12/h4-6,9,19H,7-8H2,1-3H3. The Hall–Kier alpha value is -2.81. The van der Waals surface area contributed by atoms with Gasteiger partial charge in [0.05, 0.1) is 36.9 Å². The smallest absolute Gasteiger partial charge is 0.339 e. The molecule has 3 heterocycles. The third kappa shape index (κ3) is 3.57. The average molecular weight is 374 g/mol. The summed E-state index contributed by atoms with van der Waals surface area (Å²) in [5.41, 5.74) is 2.02. The van der Waals surface area contributed by atoms with Crippen LogP contribution >= 0.6 is 11.8 Å². The van der Waals surface area contributed by atoms with Crippen molar-refractivity contribution < 1.29 is 18.7 Å². The van der Waals surface area contributed by atoms with Crippen molar-refractivity contribution in [2.24, 2.45) is 0 Å². The molecule has 3 aromatic rings. The topological polar surface area (TPSA) is 103 Å². The number of thioether (sulfide) groups is 1. The van der Waals surface area contributed by atoms with Gasteiger partial charge in [-0.15, -0.1) is 10.2 Å². The van der Waals surface area contributed by atoms with E-state index in [4.69, 9.17) is 9.15 Å². The van der Waals surface area contributed by atoms with Crippen LogP contribution in [0.5, 0.6) is 0 Å². The van der Waals surface area contributed by atoms with E-state index in [9.17, 15) is 9.59 Å². The normalized spacial score (nSPS) is 10.9. The van der Waals surface area contributed by atoms with Gasteiger partial charge in [0.1, 0.15) is 12.1 Å². The molecular weight excluding hydrogens is 356 g/mol. The van der Waals surface area contributed by atoms with Crippen molar-refractivity contribution >= 4 is 23.5 Å². The number of hydrogen-bond acceptors (Lipinski definition) is 7. The Balaban J connectivity index is 1.71. The fourth-order valence-electron chi connectivity index (χ4n) is 2.67. The number of furan rings is 1. The highest BCUT2D eigenvalue weighted by molar-refractivity contribution is 7.99. The fraction of sp³-hybridized carbons (Fsp3) is 0.294. The molecule has 0 saturated carbocycles. The van der Waals surface area contributed by atoms with Crippen LogP contribution in [0.2, 0.25) is 0 Å². The fourth-order valence-corrected chi connectivity index (χ4v) is 3.46. The van der Waals surface area contributed by atoms with Gasteiger partial charge in [-0.3, -0.25) is 4.79 Å². The van der Waals surface area contributed by atoms with Crippen molar-refractivity contribution in [3.8, 4) is 0 Å². The number of nitrogens with one attached hydrogen (secondary N) is 1. The number of methoxy groups -OCH3 is 1. The molecule has 0 spiro atoms. The minimum absolute atomic E-state index is 0.127. The van der Waals surface area contributed by atoms with E-state index in [-0.39, 0.29) is 11.5 Å². The number of Topliss-reactive ketones (excluding diaryl/α,β-unsaturated/α-hetero) is 1. The third-order valence-electron chi connectivity index (χ3n) is 3.92. The molecule has 8 nitrogen and oxygen atoms in total. The number of carbonyl (C=O) groups excluding carboxylic acids is 2. The number of rotatable bonds is 7.